The third kappa shape index (κ3) is 0.784. The van der Waals surface area contributed by atoms with E-state index in [0.717, 1.165) is 0 Å². The Bertz CT molecular complexity index is 147. The molecule has 0 aliphatic carbocycles. The quantitative estimate of drug-likeness (QED) is 0.416. The molecule has 1 atom stereocenters. The summed E-state index contributed by atoms with van der Waals surface area (Å²) < 4.78 is 4.49. The monoisotopic (exact) mass is 111 g/mol. The van der Waals surface area contributed by atoms with Crippen molar-refractivity contribution < 1.29 is 9.53 Å². The number of carbonyl (C=O) groups is 1. The topological polar surface area (TPSA) is 50.1 Å². The molecular formula is C5H5NO2. The first-order valence-corrected chi connectivity index (χ1v) is 2.38. The van der Waals surface area contributed by atoms with E-state index in [1.165, 1.54) is 0 Å². The van der Waals surface area contributed by atoms with Crippen LogP contribution in [0.3, 0.4) is 0 Å². The fraction of sp³-hybridized carbons (Fsp3) is 0.600. The standard InChI is InChI=1S/C5H5NO2/c6-2-4-1-5(7)8-3-4/h4H,1,3H2/t4-/m1/s1. The summed E-state index contributed by atoms with van der Waals surface area (Å²) in [4.78, 5) is 10.2. The van der Waals surface area contributed by atoms with E-state index in [1.54, 1.807) is 0 Å². The van der Waals surface area contributed by atoms with E-state index in [9.17, 15) is 4.79 Å². The molecule has 0 unspecified atom stereocenters. The summed E-state index contributed by atoms with van der Waals surface area (Å²) in [7, 11) is 0. The zero-order valence-corrected chi connectivity index (χ0v) is 4.26. The maximum absolute atomic E-state index is 10.2. The fourth-order valence-corrected chi connectivity index (χ4v) is 0.595. The summed E-state index contributed by atoms with van der Waals surface area (Å²) in [6, 6.07) is 1.95. The lowest BCUT2D eigenvalue weighted by molar-refractivity contribution is -0.137. The van der Waals surface area contributed by atoms with Crippen LogP contribution >= 0.6 is 0 Å². The summed E-state index contributed by atoms with van der Waals surface area (Å²) in [6.45, 7) is 0.287. The number of hydrogen-bond donors (Lipinski definition) is 0. The van der Waals surface area contributed by atoms with Crippen LogP contribution in [0.1, 0.15) is 6.42 Å². The van der Waals surface area contributed by atoms with Crippen LogP contribution in [0.4, 0.5) is 0 Å². The summed E-state index contributed by atoms with van der Waals surface area (Å²) in [5.74, 6) is -0.445. The van der Waals surface area contributed by atoms with Gasteiger partial charge in [0.2, 0.25) is 0 Å². The SMILES string of the molecule is N#C[C@@H]1COC(=O)C1. The molecule has 1 heterocycles. The molecule has 0 aromatic rings. The minimum atomic E-state index is -0.253. The normalized spacial score (nSPS) is 26.9. The number of carbonyl (C=O) groups excluding carboxylic acids is 1. The van der Waals surface area contributed by atoms with Crippen LogP contribution in [-0.4, -0.2) is 12.6 Å². The lowest BCUT2D eigenvalue weighted by Crippen LogP contribution is -1.92. The van der Waals surface area contributed by atoms with Gasteiger partial charge in [-0.05, 0) is 0 Å². The molecule has 0 spiro atoms. The van der Waals surface area contributed by atoms with E-state index in [0.29, 0.717) is 0 Å². The Morgan fingerprint density at radius 3 is 2.88 bits per heavy atom. The molecule has 0 aromatic carbocycles. The smallest absolute Gasteiger partial charge is 0.307 e. The van der Waals surface area contributed by atoms with Gasteiger partial charge in [-0.25, -0.2) is 0 Å². The van der Waals surface area contributed by atoms with E-state index in [4.69, 9.17) is 5.26 Å². The van der Waals surface area contributed by atoms with Crippen molar-refractivity contribution in [3.8, 4) is 6.07 Å². The first kappa shape index (κ1) is 5.10. The van der Waals surface area contributed by atoms with Crippen LogP contribution in [0, 0.1) is 17.2 Å². The molecule has 1 fully saturated rings. The molecule has 1 rings (SSSR count). The fourth-order valence-electron chi connectivity index (χ4n) is 0.595. The number of nitriles is 1. The number of cyclic esters (lactones) is 1. The van der Waals surface area contributed by atoms with Crippen LogP contribution < -0.4 is 0 Å². The Labute approximate surface area is 46.9 Å². The van der Waals surface area contributed by atoms with E-state index >= 15 is 0 Å². The second-order valence-corrected chi connectivity index (χ2v) is 1.71. The van der Waals surface area contributed by atoms with E-state index < -0.39 is 0 Å². The van der Waals surface area contributed by atoms with Crippen molar-refractivity contribution >= 4 is 5.97 Å². The first-order valence-electron chi connectivity index (χ1n) is 2.38. The van der Waals surface area contributed by atoms with Gasteiger partial charge < -0.3 is 4.74 Å². The number of esters is 1. The van der Waals surface area contributed by atoms with Gasteiger partial charge in [-0.2, -0.15) is 5.26 Å². The lowest BCUT2D eigenvalue weighted by atomic mass is 10.1. The average molecular weight is 111 g/mol. The number of hydrogen-bond acceptors (Lipinski definition) is 3. The van der Waals surface area contributed by atoms with Crippen molar-refractivity contribution in [1.29, 1.82) is 5.26 Å². The molecule has 0 amide bonds. The Hall–Kier alpha value is -1.04. The van der Waals surface area contributed by atoms with Crippen LogP contribution in [-0.2, 0) is 9.53 Å². The minimum absolute atomic E-state index is 0.192. The predicted octanol–water partition coefficient (Wildman–Crippen LogP) is 0.0731. The summed E-state index contributed by atoms with van der Waals surface area (Å²) in [6.07, 6.45) is 0.274. The van der Waals surface area contributed by atoms with Gasteiger partial charge in [0.05, 0.1) is 18.4 Å². The molecule has 8 heavy (non-hydrogen) atoms. The molecule has 3 heteroatoms. The van der Waals surface area contributed by atoms with Crippen molar-refractivity contribution in [1.82, 2.24) is 0 Å². The highest BCUT2D eigenvalue weighted by molar-refractivity contribution is 5.72. The highest BCUT2D eigenvalue weighted by Gasteiger charge is 2.22. The van der Waals surface area contributed by atoms with Gasteiger partial charge in [0.25, 0.3) is 0 Å². The van der Waals surface area contributed by atoms with Crippen LogP contribution in [0.15, 0.2) is 0 Å². The molecule has 1 aliphatic heterocycles. The molecule has 42 valence electrons. The highest BCUT2D eigenvalue weighted by Crippen LogP contribution is 2.11. The van der Waals surface area contributed by atoms with Gasteiger partial charge in [-0.1, -0.05) is 0 Å². The number of ether oxygens (including phenoxy) is 1. The molecule has 1 saturated heterocycles. The minimum Gasteiger partial charge on any atom is -0.464 e. The predicted molar refractivity (Wildman–Crippen MR) is 24.7 cm³/mol. The Morgan fingerprint density at radius 2 is 2.62 bits per heavy atom. The maximum atomic E-state index is 10.2. The third-order valence-corrected chi connectivity index (χ3v) is 1.04. The van der Waals surface area contributed by atoms with Crippen molar-refractivity contribution in [2.24, 2.45) is 5.92 Å². The largest absolute Gasteiger partial charge is 0.464 e. The van der Waals surface area contributed by atoms with Gasteiger partial charge in [-0.3, -0.25) is 4.79 Å². The van der Waals surface area contributed by atoms with Gasteiger partial charge in [-0.15, -0.1) is 0 Å². The van der Waals surface area contributed by atoms with Crippen molar-refractivity contribution in [3.63, 3.8) is 0 Å². The first-order chi connectivity index (χ1) is 3.83. The molecule has 3 nitrogen and oxygen atoms in total. The Kier molecular flexibility index (Phi) is 1.17. The molecule has 0 radical (unpaired) electrons. The van der Waals surface area contributed by atoms with Crippen molar-refractivity contribution in [2.45, 2.75) is 6.42 Å². The number of rotatable bonds is 0. The van der Waals surface area contributed by atoms with Crippen molar-refractivity contribution in [3.05, 3.63) is 0 Å². The zero-order valence-electron chi connectivity index (χ0n) is 4.26. The van der Waals surface area contributed by atoms with Gasteiger partial charge in [0, 0.05) is 0 Å². The second-order valence-electron chi connectivity index (χ2n) is 1.71. The van der Waals surface area contributed by atoms with E-state index in [1.807, 2.05) is 6.07 Å². The molecule has 0 aromatic heterocycles. The molecule has 1 aliphatic rings. The molecular weight excluding hydrogens is 106 g/mol. The third-order valence-electron chi connectivity index (χ3n) is 1.04. The zero-order chi connectivity index (χ0) is 5.98. The van der Waals surface area contributed by atoms with Crippen LogP contribution in [0.25, 0.3) is 0 Å². The van der Waals surface area contributed by atoms with E-state index in [2.05, 4.69) is 4.74 Å². The summed E-state index contributed by atoms with van der Waals surface area (Å²) in [5, 5.41) is 8.20. The average Bonchev–Trinajstić information content (AvgIpc) is 2.14. The lowest BCUT2D eigenvalue weighted by Gasteiger charge is -1.85. The summed E-state index contributed by atoms with van der Waals surface area (Å²) in [5.41, 5.74) is 0. The van der Waals surface area contributed by atoms with Gasteiger partial charge in [0.1, 0.15) is 6.61 Å². The Balaban J connectivity index is 2.47. The maximum Gasteiger partial charge on any atom is 0.307 e. The molecule has 0 N–H and O–H groups in total. The number of nitrogens with zero attached hydrogens (tertiary/aromatic N) is 1. The van der Waals surface area contributed by atoms with Crippen molar-refractivity contribution in [2.75, 3.05) is 6.61 Å². The highest BCUT2D eigenvalue weighted by atomic mass is 16.5. The second kappa shape index (κ2) is 1.83. The summed E-state index contributed by atoms with van der Waals surface area (Å²) >= 11 is 0. The molecule has 0 bridgehead atoms. The van der Waals surface area contributed by atoms with Gasteiger partial charge in [0.15, 0.2) is 0 Å². The van der Waals surface area contributed by atoms with E-state index in [-0.39, 0.29) is 24.9 Å². The van der Waals surface area contributed by atoms with Gasteiger partial charge >= 0.3 is 5.97 Å². The molecule has 0 saturated carbocycles. The van der Waals surface area contributed by atoms with Crippen LogP contribution in [0.2, 0.25) is 0 Å². The van der Waals surface area contributed by atoms with Crippen LogP contribution in [0.5, 0.6) is 0 Å². The Morgan fingerprint density at radius 1 is 1.88 bits per heavy atom.